The van der Waals surface area contributed by atoms with Crippen molar-refractivity contribution in [2.45, 2.75) is 51.0 Å². The van der Waals surface area contributed by atoms with Gasteiger partial charge < -0.3 is 10.3 Å². The highest BCUT2D eigenvalue weighted by Gasteiger charge is 2.20. The fourth-order valence-electron chi connectivity index (χ4n) is 3.04. The van der Waals surface area contributed by atoms with Crippen LogP contribution in [0.1, 0.15) is 42.6 Å². The van der Waals surface area contributed by atoms with Crippen LogP contribution in [-0.2, 0) is 19.3 Å². The molecule has 3 rings (SSSR count). The summed E-state index contributed by atoms with van der Waals surface area (Å²) in [4.78, 5) is 18.7. The summed E-state index contributed by atoms with van der Waals surface area (Å²) in [6, 6.07) is 0.523. The number of aromatic amines is 1. The van der Waals surface area contributed by atoms with Crippen LogP contribution in [-0.4, -0.2) is 22.6 Å². The predicted molar refractivity (Wildman–Crippen MR) is 66.2 cm³/mol. The molecule has 1 saturated heterocycles. The maximum absolute atomic E-state index is 11.5. The van der Waals surface area contributed by atoms with Gasteiger partial charge in [-0.15, -0.1) is 0 Å². The van der Waals surface area contributed by atoms with Gasteiger partial charge in [-0.1, -0.05) is 0 Å². The van der Waals surface area contributed by atoms with Gasteiger partial charge in [-0.05, 0) is 50.6 Å². The molecule has 1 atom stereocenters. The van der Waals surface area contributed by atoms with Crippen molar-refractivity contribution in [2.24, 2.45) is 0 Å². The predicted octanol–water partition coefficient (Wildman–Crippen LogP) is 0.943. The minimum Gasteiger partial charge on any atom is -0.314 e. The lowest BCUT2D eigenvalue weighted by atomic mass is 9.92. The third-order valence-corrected chi connectivity index (χ3v) is 3.91. The van der Waals surface area contributed by atoms with Gasteiger partial charge in [0.05, 0.1) is 5.69 Å². The first kappa shape index (κ1) is 11.0. The van der Waals surface area contributed by atoms with Crippen molar-refractivity contribution in [3.05, 3.63) is 27.4 Å². The minimum absolute atomic E-state index is 0.168. The largest absolute Gasteiger partial charge is 0.345 e. The van der Waals surface area contributed by atoms with Crippen LogP contribution in [0.4, 0.5) is 0 Å². The van der Waals surface area contributed by atoms with E-state index in [0.29, 0.717) is 6.04 Å². The fourth-order valence-corrected chi connectivity index (χ4v) is 3.04. The highest BCUT2D eigenvalue weighted by atomic mass is 16.1. The van der Waals surface area contributed by atoms with E-state index in [4.69, 9.17) is 0 Å². The third kappa shape index (κ3) is 2.27. The number of hydrogen-bond donors (Lipinski definition) is 2. The summed E-state index contributed by atoms with van der Waals surface area (Å²) in [5.74, 6) is 0. The van der Waals surface area contributed by atoms with E-state index in [1.54, 1.807) is 0 Å². The van der Waals surface area contributed by atoms with Crippen LogP contribution in [0.2, 0.25) is 0 Å². The van der Waals surface area contributed by atoms with E-state index in [2.05, 4.69) is 15.3 Å². The molecule has 0 aromatic carbocycles. The van der Waals surface area contributed by atoms with E-state index >= 15 is 0 Å². The maximum atomic E-state index is 11.5. The zero-order valence-electron chi connectivity index (χ0n) is 10.1. The molecule has 1 aliphatic heterocycles. The standard InChI is InChI=1S/C13H19N3O/c17-13-15-11-6-2-1-5-10(11)12(16-13)8-9-4-3-7-14-9/h9,14H,1-8H2,(H,15,16,17). The molecule has 2 N–H and O–H groups in total. The molecule has 1 aromatic rings. The van der Waals surface area contributed by atoms with E-state index < -0.39 is 0 Å². The molecule has 1 unspecified atom stereocenters. The number of hydrogen-bond acceptors (Lipinski definition) is 3. The van der Waals surface area contributed by atoms with Gasteiger partial charge in [-0.25, -0.2) is 4.79 Å². The Labute approximate surface area is 101 Å². The normalized spacial score (nSPS) is 23.6. The smallest absolute Gasteiger partial charge is 0.314 e. The van der Waals surface area contributed by atoms with Crippen molar-refractivity contribution < 1.29 is 0 Å². The van der Waals surface area contributed by atoms with E-state index in [1.165, 1.54) is 31.2 Å². The molecule has 1 fully saturated rings. The summed E-state index contributed by atoms with van der Waals surface area (Å²) in [5.41, 5.74) is 3.34. The van der Waals surface area contributed by atoms with Gasteiger partial charge in [0, 0.05) is 18.2 Å². The van der Waals surface area contributed by atoms with Crippen molar-refractivity contribution in [2.75, 3.05) is 6.54 Å². The number of H-pyrrole nitrogens is 1. The number of fused-ring (bicyclic) bond motifs is 1. The highest BCUT2D eigenvalue weighted by molar-refractivity contribution is 5.27. The topological polar surface area (TPSA) is 57.8 Å². The molecule has 0 spiro atoms. The summed E-state index contributed by atoms with van der Waals surface area (Å²) in [6.45, 7) is 1.11. The van der Waals surface area contributed by atoms with Gasteiger partial charge in [0.1, 0.15) is 0 Å². The Morgan fingerprint density at radius 3 is 2.94 bits per heavy atom. The number of aryl methyl sites for hydroxylation is 1. The average molecular weight is 233 g/mol. The Balaban J connectivity index is 1.91. The Morgan fingerprint density at radius 2 is 2.12 bits per heavy atom. The van der Waals surface area contributed by atoms with E-state index in [1.807, 2.05) is 0 Å². The molecule has 17 heavy (non-hydrogen) atoms. The SMILES string of the molecule is O=c1nc(CC2CCCN2)c2c([nH]1)CCCC2. The summed E-state index contributed by atoms with van der Waals surface area (Å²) >= 11 is 0. The van der Waals surface area contributed by atoms with Crippen LogP contribution >= 0.6 is 0 Å². The Bertz CT molecular complexity index is 460. The number of nitrogens with one attached hydrogen (secondary N) is 2. The molecule has 0 bridgehead atoms. The molecule has 4 nitrogen and oxygen atoms in total. The quantitative estimate of drug-likeness (QED) is 0.799. The lowest BCUT2D eigenvalue weighted by molar-refractivity contribution is 0.575. The zero-order chi connectivity index (χ0) is 11.7. The van der Waals surface area contributed by atoms with Crippen molar-refractivity contribution in [3.63, 3.8) is 0 Å². The summed E-state index contributed by atoms with van der Waals surface area (Å²) < 4.78 is 0. The Morgan fingerprint density at radius 1 is 1.24 bits per heavy atom. The van der Waals surface area contributed by atoms with Gasteiger partial charge in [0.15, 0.2) is 0 Å². The van der Waals surface area contributed by atoms with Crippen molar-refractivity contribution in [1.82, 2.24) is 15.3 Å². The molecule has 0 saturated carbocycles. The molecule has 1 aliphatic carbocycles. The second kappa shape index (κ2) is 4.61. The summed E-state index contributed by atoms with van der Waals surface area (Å²) in [6.07, 6.45) is 7.89. The van der Waals surface area contributed by atoms with Crippen LogP contribution in [0.5, 0.6) is 0 Å². The number of rotatable bonds is 2. The molecule has 2 aliphatic rings. The molecule has 0 radical (unpaired) electrons. The van der Waals surface area contributed by atoms with Crippen molar-refractivity contribution in [3.8, 4) is 0 Å². The Kier molecular flexibility index (Phi) is 2.97. The molecule has 2 heterocycles. The van der Waals surface area contributed by atoms with Crippen molar-refractivity contribution in [1.29, 1.82) is 0 Å². The first-order valence-corrected chi connectivity index (χ1v) is 6.67. The fraction of sp³-hybridized carbons (Fsp3) is 0.692. The minimum atomic E-state index is -0.168. The second-order valence-corrected chi connectivity index (χ2v) is 5.15. The Hall–Kier alpha value is -1.16. The van der Waals surface area contributed by atoms with Gasteiger partial charge in [0.25, 0.3) is 0 Å². The van der Waals surface area contributed by atoms with E-state index in [-0.39, 0.29) is 5.69 Å². The van der Waals surface area contributed by atoms with Crippen LogP contribution < -0.4 is 11.0 Å². The van der Waals surface area contributed by atoms with Crippen LogP contribution in [0.3, 0.4) is 0 Å². The van der Waals surface area contributed by atoms with Crippen LogP contribution in [0.15, 0.2) is 4.79 Å². The van der Waals surface area contributed by atoms with Gasteiger partial charge in [-0.3, -0.25) is 0 Å². The first-order valence-electron chi connectivity index (χ1n) is 6.67. The second-order valence-electron chi connectivity index (χ2n) is 5.15. The van der Waals surface area contributed by atoms with Gasteiger partial charge in [-0.2, -0.15) is 4.98 Å². The molecular weight excluding hydrogens is 214 g/mol. The third-order valence-electron chi connectivity index (χ3n) is 3.91. The number of nitrogens with zero attached hydrogens (tertiary/aromatic N) is 1. The molecule has 1 aromatic heterocycles. The van der Waals surface area contributed by atoms with Crippen LogP contribution in [0.25, 0.3) is 0 Å². The highest BCUT2D eigenvalue weighted by Crippen LogP contribution is 2.22. The van der Waals surface area contributed by atoms with Gasteiger partial charge in [0.2, 0.25) is 0 Å². The maximum Gasteiger partial charge on any atom is 0.345 e. The van der Waals surface area contributed by atoms with E-state index in [9.17, 15) is 4.79 Å². The van der Waals surface area contributed by atoms with Crippen LogP contribution in [0, 0.1) is 0 Å². The number of aromatic nitrogens is 2. The summed E-state index contributed by atoms with van der Waals surface area (Å²) in [5, 5.41) is 3.48. The molecule has 0 amide bonds. The van der Waals surface area contributed by atoms with Crippen molar-refractivity contribution >= 4 is 0 Å². The zero-order valence-corrected chi connectivity index (χ0v) is 10.1. The first-order chi connectivity index (χ1) is 8.33. The lowest BCUT2D eigenvalue weighted by Crippen LogP contribution is -2.28. The molecule has 92 valence electrons. The average Bonchev–Trinajstić information content (AvgIpc) is 2.81. The lowest BCUT2D eigenvalue weighted by Gasteiger charge is -2.19. The van der Waals surface area contributed by atoms with E-state index in [0.717, 1.165) is 37.2 Å². The monoisotopic (exact) mass is 233 g/mol. The van der Waals surface area contributed by atoms with Gasteiger partial charge >= 0.3 is 5.69 Å². The summed E-state index contributed by atoms with van der Waals surface area (Å²) in [7, 11) is 0. The molecular formula is C13H19N3O. The molecule has 4 heteroatoms.